The average molecular weight is 426 g/mol. The highest BCUT2D eigenvalue weighted by Gasteiger charge is 2.24. The topological polar surface area (TPSA) is 47.8 Å². The molecule has 142 valence electrons. The maximum absolute atomic E-state index is 13.6. The molecule has 0 amide bonds. The molecule has 0 spiro atoms. The number of benzene rings is 1. The van der Waals surface area contributed by atoms with E-state index in [0.717, 1.165) is 51.0 Å². The van der Waals surface area contributed by atoms with Crippen LogP contribution in [0.1, 0.15) is 33.1 Å². The van der Waals surface area contributed by atoms with Crippen LogP contribution in [0, 0.1) is 13.8 Å². The van der Waals surface area contributed by atoms with Gasteiger partial charge in [0.05, 0.1) is 21.8 Å². The van der Waals surface area contributed by atoms with Gasteiger partial charge in [0.25, 0.3) is 5.56 Å². The van der Waals surface area contributed by atoms with Crippen LogP contribution in [-0.4, -0.2) is 14.5 Å². The molecule has 4 nitrogen and oxygen atoms in total. The minimum atomic E-state index is 0.0604. The molecule has 3 aromatic heterocycles. The third-order valence-electron chi connectivity index (χ3n) is 5.02. The van der Waals surface area contributed by atoms with Gasteiger partial charge in [0.1, 0.15) is 4.83 Å². The van der Waals surface area contributed by atoms with Crippen LogP contribution in [0.3, 0.4) is 0 Å². The van der Waals surface area contributed by atoms with Crippen molar-refractivity contribution in [1.29, 1.82) is 0 Å². The molecule has 1 aromatic carbocycles. The van der Waals surface area contributed by atoms with E-state index in [1.165, 1.54) is 16.0 Å². The van der Waals surface area contributed by atoms with E-state index in [2.05, 4.69) is 17.3 Å². The normalized spacial score (nSPS) is 13.4. The van der Waals surface area contributed by atoms with Crippen molar-refractivity contribution < 1.29 is 0 Å². The lowest BCUT2D eigenvalue weighted by Gasteiger charge is -2.12. The number of aryl methyl sites for hydroxylation is 4. The largest absolute Gasteiger partial charge is 0.268 e. The average Bonchev–Trinajstić information content (AvgIpc) is 3.37. The number of thiophene rings is 1. The van der Waals surface area contributed by atoms with Crippen LogP contribution >= 0.6 is 34.4 Å². The van der Waals surface area contributed by atoms with Gasteiger partial charge < -0.3 is 0 Å². The molecule has 1 aliphatic rings. The number of hydrogen-bond acceptors (Lipinski definition) is 6. The van der Waals surface area contributed by atoms with Gasteiger partial charge in [0.2, 0.25) is 0 Å². The van der Waals surface area contributed by atoms with E-state index in [4.69, 9.17) is 4.98 Å². The Kier molecular flexibility index (Phi) is 4.61. The first-order valence-corrected chi connectivity index (χ1v) is 12.0. The standard InChI is InChI=1S/C21H19N3OS3/c1-12-6-8-15(9-7-12)24-20(25)18-16-4-3-5-17(16)28-19(18)23-21(24)27-11-14-10-26-13(2)22-14/h6-10H,3-5,11H2,1-2H3. The molecule has 0 N–H and O–H groups in total. The molecule has 3 heterocycles. The van der Waals surface area contributed by atoms with E-state index < -0.39 is 0 Å². The molecule has 0 radical (unpaired) electrons. The summed E-state index contributed by atoms with van der Waals surface area (Å²) in [5.41, 5.74) is 4.37. The van der Waals surface area contributed by atoms with Gasteiger partial charge in [-0.05, 0) is 50.8 Å². The fourth-order valence-electron chi connectivity index (χ4n) is 3.66. The quantitative estimate of drug-likeness (QED) is 0.329. The molecule has 0 aliphatic heterocycles. The third kappa shape index (κ3) is 3.11. The zero-order chi connectivity index (χ0) is 19.3. The highest BCUT2D eigenvalue weighted by Crippen LogP contribution is 2.36. The van der Waals surface area contributed by atoms with Crippen molar-refractivity contribution in [2.75, 3.05) is 0 Å². The van der Waals surface area contributed by atoms with E-state index in [-0.39, 0.29) is 5.56 Å². The lowest BCUT2D eigenvalue weighted by atomic mass is 10.2. The minimum Gasteiger partial charge on any atom is -0.268 e. The Bertz CT molecular complexity index is 1230. The summed E-state index contributed by atoms with van der Waals surface area (Å²) in [5.74, 6) is 0.708. The highest BCUT2D eigenvalue weighted by atomic mass is 32.2. The number of nitrogens with zero attached hydrogens (tertiary/aromatic N) is 3. The SMILES string of the molecule is Cc1ccc(-n2c(SCc3csc(C)n3)nc3sc4c(c3c2=O)CCC4)cc1. The van der Waals surface area contributed by atoms with Gasteiger partial charge in [0.15, 0.2) is 5.16 Å². The Balaban J connectivity index is 1.67. The monoisotopic (exact) mass is 425 g/mol. The van der Waals surface area contributed by atoms with Gasteiger partial charge in [-0.3, -0.25) is 9.36 Å². The molecule has 4 aromatic rings. The summed E-state index contributed by atoms with van der Waals surface area (Å²) in [4.78, 5) is 25.3. The summed E-state index contributed by atoms with van der Waals surface area (Å²) in [5, 5.41) is 4.71. The zero-order valence-electron chi connectivity index (χ0n) is 15.7. The van der Waals surface area contributed by atoms with Crippen molar-refractivity contribution in [2.45, 2.75) is 44.0 Å². The Morgan fingerprint density at radius 3 is 2.71 bits per heavy atom. The molecule has 7 heteroatoms. The van der Waals surface area contributed by atoms with Gasteiger partial charge >= 0.3 is 0 Å². The number of thioether (sulfide) groups is 1. The zero-order valence-corrected chi connectivity index (χ0v) is 18.1. The van der Waals surface area contributed by atoms with E-state index >= 15 is 0 Å². The van der Waals surface area contributed by atoms with Crippen LogP contribution < -0.4 is 5.56 Å². The van der Waals surface area contributed by atoms with Crippen molar-refractivity contribution >= 4 is 44.7 Å². The Morgan fingerprint density at radius 1 is 1.14 bits per heavy atom. The van der Waals surface area contributed by atoms with Gasteiger partial charge in [-0.25, -0.2) is 9.97 Å². The molecule has 5 rings (SSSR count). The summed E-state index contributed by atoms with van der Waals surface area (Å²) in [6.07, 6.45) is 3.20. The fourth-order valence-corrected chi connectivity index (χ4v) is 6.58. The van der Waals surface area contributed by atoms with Crippen molar-refractivity contribution in [3.05, 3.63) is 66.7 Å². The number of thiazole rings is 1. The van der Waals surface area contributed by atoms with Gasteiger partial charge in [-0.2, -0.15) is 0 Å². The van der Waals surface area contributed by atoms with Crippen LogP contribution in [0.15, 0.2) is 39.6 Å². The van der Waals surface area contributed by atoms with Gasteiger partial charge in [-0.1, -0.05) is 29.5 Å². The molecule has 0 bridgehead atoms. The summed E-state index contributed by atoms with van der Waals surface area (Å²) in [6.45, 7) is 4.07. The highest BCUT2D eigenvalue weighted by molar-refractivity contribution is 7.98. The number of aromatic nitrogens is 3. The van der Waals surface area contributed by atoms with Crippen molar-refractivity contribution in [2.24, 2.45) is 0 Å². The predicted molar refractivity (Wildman–Crippen MR) is 118 cm³/mol. The van der Waals surface area contributed by atoms with Crippen molar-refractivity contribution in [3.63, 3.8) is 0 Å². The third-order valence-corrected chi connectivity index (χ3v) is 8.00. The molecule has 0 unspecified atom stereocenters. The van der Waals surface area contributed by atoms with E-state index in [0.29, 0.717) is 5.75 Å². The Hall–Kier alpha value is -1.96. The number of rotatable bonds is 4. The summed E-state index contributed by atoms with van der Waals surface area (Å²) in [6, 6.07) is 8.10. The molecule has 28 heavy (non-hydrogen) atoms. The van der Waals surface area contributed by atoms with Gasteiger partial charge in [-0.15, -0.1) is 22.7 Å². The summed E-state index contributed by atoms with van der Waals surface area (Å²) < 4.78 is 1.79. The number of hydrogen-bond donors (Lipinski definition) is 0. The number of fused-ring (bicyclic) bond motifs is 3. The van der Waals surface area contributed by atoms with Crippen molar-refractivity contribution in [1.82, 2.24) is 14.5 Å². The first-order chi connectivity index (χ1) is 13.6. The lowest BCUT2D eigenvalue weighted by Crippen LogP contribution is -2.21. The Labute approximate surface area is 175 Å². The van der Waals surface area contributed by atoms with E-state index in [1.54, 1.807) is 39.0 Å². The second kappa shape index (κ2) is 7.13. The van der Waals surface area contributed by atoms with Crippen LogP contribution in [-0.2, 0) is 18.6 Å². The molecule has 1 aliphatic carbocycles. The molecule has 0 saturated heterocycles. The minimum absolute atomic E-state index is 0.0604. The Morgan fingerprint density at radius 2 is 1.96 bits per heavy atom. The first kappa shape index (κ1) is 18.1. The van der Waals surface area contributed by atoms with Crippen LogP contribution in [0.2, 0.25) is 0 Å². The maximum Gasteiger partial charge on any atom is 0.267 e. The molecule has 0 atom stereocenters. The van der Waals surface area contributed by atoms with Crippen LogP contribution in [0.5, 0.6) is 0 Å². The van der Waals surface area contributed by atoms with E-state index in [9.17, 15) is 4.79 Å². The molecular weight excluding hydrogens is 406 g/mol. The van der Waals surface area contributed by atoms with Crippen LogP contribution in [0.25, 0.3) is 15.9 Å². The molecular formula is C21H19N3OS3. The molecule has 0 saturated carbocycles. The second-order valence-corrected chi connectivity index (χ2v) is 10.1. The second-order valence-electron chi connectivity index (χ2n) is 7.05. The first-order valence-electron chi connectivity index (χ1n) is 9.28. The van der Waals surface area contributed by atoms with Crippen molar-refractivity contribution in [3.8, 4) is 5.69 Å². The summed E-state index contributed by atoms with van der Waals surface area (Å²) in [7, 11) is 0. The maximum atomic E-state index is 13.6. The van der Waals surface area contributed by atoms with E-state index in [1.807, 2.05) is 31.2 Å². The predicted octanol–water partition coefficient (Wildman–Crippen LogP) is 5.30. The fraction of sp³-hybridized carbons (Fsp3) is 0.286. The summed E-state index contributed by atoms with van der Waals surface area (Å²) >= 11 is 4.93. The van der Waals surface area contributed by atoms with Crippen LogP contribution in [0.4, 0.5) is 0 Å². The molecule has 0 fully saturated rings. The smallest absolute Gasteiger partial charge is 0.267 e. The van der Waals surface area contributed by atoms with Gasteiger partial charge in [0, 0.05) is 16.0 Å². The lowest BCUT2D eigenvalue weighted by molar-refractivity contribution is 0.819.